The van der Waals surface area contributed by atoms with Crippen LogP contribution >= 0.6 is 11.6 Å². The van der Waals surface area contributed by atoms with E-state index in [1.165, 1.54) is 0 Å². The molecule has 3 nitrogen and oxygen atoms in total. The van der Waals surface area contributed by atoms with E-state index in [4.69, 9.17) is 11.6 Å². The minimum absolute atomic E-state index is 0.0236. The van der Waals surface area contributed by atoms with Gasteiger partial charge < -0.3 is 9.88 Å². The second kappa shape index (κ2) is 6.14. The maximum Gasteiger partial charge on any atom is 0.253 e. The van der Waals surface area contributed by atoms with Crippen molar-refractivity contribution in [3.05, 3.63) is 58.4 Å². The number of carbonyl (C=O) groups excluding carboxylic acids is 1. The van der Waals surface area contributed by atoms with E-state index in [2.05, 4.69) is 5.32 Å². The third kappa shape index (κ3) is 3.64. The molecule has 1 aromatic heterocycles. The zero-order valence-corrected chi connectivity index (χ0v) is 12.7. The molecule has 106 valence electrons. The lowest BCUT2D eigenvalue weighted by molar-refractivity contribution is 0.0939. The molecular weight excluding hydrogens is 272 g/mol. The number of nitrogens with zero attached hydrogens (tertiary/aromatic N) is 1. The molecule has 0 radical (unpaired) electrons. The number of hydrogen-bond donors (Lipinski definition) is 1. The molecular formula is C16H19ClN2O. The number of hydrogen-bond acceptors (Lipinski definition) is 1. The van der Waals surface area contributed by atoms with Crippen molar-refractivity contribution in [3.63, 3.8) is 0 Å². The monoisotopic (exact) mass is 290 g/mol. The van der Waals surface area contributed by atoms with Crippen LogP contribution in [-0.2, 0) is 13.5 Å². The molecule has 0 spiro atoms. The van der Waals surface area contributed by atoms with Crippen LogP contribution in [0.25, 0.3) is 0 Å². The smallest absolute Gasteiger partial charge is 0.253 e. The quantitative estimate of drug-likeness (QED) is 0.920. The summed E-state index contributed by atoms with van der Waals surface area (Å²) in [5.41, 5.74) is 2.88. The summed E-state index contributed by atoms with van der Waals surface area (Å²) in [4.78, 5) is 12.2. The molecule has 0 bridgehead atoms. The molecule has 0 saturated carbocycles. The van der Waals surface area contributed by atoms with Crippen molar-refractivity contribution in [2.24, 2.45) is 7.05 Å². The predicted octanol–water partition coefficient (Wildman–Crippen LogP) is 3.35. The number of carbonyl (C=O) groups is 1. The topological polar surface area (TPSA) is 34.0 Å². The summed E-state index contributed by atoms with van der Waals surface area (Å²) < 4.78 is 1.90. The molecule has 2 aromatic rings. The first kappa shape index (κ1) is 14.7. The second-order valence-electron chi connectivity index (χ2n) is 5.23. The van der Waals surface area contributed by atoms with Crippen LogP contribution in [0, 0.1) is 6.92 Å². The van der Waals surface area contributed by atoms with Gasteiger partial charge in [-0.1, -0.05) is 23.7 Å². The molecule has 1 heterocycles. The zero-order chi connectivity index (χ0) is 14.7. The van der Waals surface area contributed by atoms with Gasteiger partial charge in [-0.2, -0.15) is 0 Å². The van der Waals surface area contributed by atoms with Crippen molar-refractivity contribution in [1.29, 1.82) is 0 Å². The van der Waals surface area contributed by atoms with Gasteiger partial charge >= 0.3 is 0 Å². The summed E-state index contributed by atoms with van der Waals surface area (Å²) in [6.45, 7) is 3.95. The van der Waals surface area contributed by atoms with Gasteiger partial charge in [-0.15, -0.1) is 0 Å². The minimum Gasteiger partial charge on any atom is -0.356 e. The lowest BCUT2D eigenvalue weighted by atomic mass is 10.1. The molecule has 1 atom stereocenters. The molecule has 4 heteroatoms. The van der Waals surface area contributed by atoms with E-state index >= 15 is 0 Å². The third-order valence-electron chi connectivity index (χ3n) is 3.23. The van der Waals surface area contributed by atoms with Crippen LogP contribution in [0.1, 0.15) is 28.4 Å². The molecule has 20 heavy (non-hydrogen) atoms. The highest BCUT2D eigenvalue weighted by Crippen LogP contribution is 2.12. The lowest BCUT2D eigenvalue weighted by Crippen LogP contribution is -2.34. The maximum atomic E-state index is 12.2. The third-order valence-corrected chi connectivity index (χ3v) is 3.48. The van der Waals surface area contributed by atoms with E-state index in [0.717, 1.165) is 28.1 Å². The van der Waals surface area contributed by atoms with E-state index in [-0.39, 0.29) is 11.9 Å². The molecule has 0 saturated heterocycles. The summed E-state index contributed by atoms with van der Waals surface area (Å²) in [6.07, 6.45) is 4.58. The van der Waals surface area contributed by atoms with Gasteiger partial charge in [0, 0.05) is 30.5 Å². The Bertz CT molecular complexity index is 601. The van der Waals surface area contributed by atoms with Crippen molar-refractivity contribution in [2.45, 2.75) is 26.3 Å². The van der Waals surface area contributed by atoms with Crippen LogP contribution < -0.4 is 5.32 Å². The lowest BCUT2D eigenvalue weighted by Gasteiger charge is -2.14. The summed E-state index contributed by atoms with van der Waals surface area (Å²) in [7, 11) is 1.92. The number of halogens is 1. The average Bonchev–Trinajstić information content (AvgIpc) is 2.71. The fourth-order valence-electron chi connectivity index (χ4n) is 2.28. The average molecular weight is 291 g/mol. The standard InChI is InChI=1S/C16H19ClN2O/c1-11-9-19(3)10-15(11)16(20)18-12(2)8-13-4-6-14(17)7-5-13/h4-7,9-10,12H,8H2,1-3H3,(H,18,20). The van der Waals surface area contributed by atoms with Crippen LogP contribution in [0.5, 0.6) is 0 Å². The van der Waals surface area contributed by atoms with Crippen LogP contribution in [0.15, 0.2) is 36.7 Å². The van der Waals surface area contributed by atoms with Crippen LogP contribution in [0.3, 0.4) is 0 Å². The van der Waals surface area contributed by atoms with Gasteiger partial charge in [0.05, 0.1) is 5.56 Å². The number of rotatable bonds is 4. The van der Waals surface area contributed by atoms with Gasteiger partial charge in [-0.25, -0.2) is 0 Å². The van der Waals surface area contributed by atoms with Crippen molar-refractivity contribution >= 4 is 17.5 Å². The van der Waals surface area contributed by atoms with E-state index < -0.39 is 0 Å². The van der Waals surface area contributed by atoms with E-state index in [9.17, 15) is 4.79 Å². The summed E-state index contributed by atoms with van der Waals surface area (Å²) >= 11 is 5.86. The molecule has 1 N–H and O–H groups in total. The molecule has 1 aromatic carbocycles. The van der Waals surface area contributed by atoms with Crippen molar-refractivity contribution in [2.75, 3.05) is 0 Å². The van der Waals surface area contributed by atoms with Gasteiger partial charge in [-0.05, 0) is 43.5 Å². The van der Waals surface area contributed by atoms with E-state index in [1.54, 1.807) is 0 Å². The van der Waals surface area contributed by atoms with E-state index in [0.29, 0.717) is 0 Å². The Morgan fingerprint density at radius 3 is 2.50 bits per heavy atom. The van der Waals surface area contributed by atoms with Gasteiger partial charge in [0.1, 0.15) is 0 Å². The van der Waals surface area contributed by atoms with Crippen molar-refractivity contribution < 1.29 is 4.79 Å². The highest BCUT2D eigenvalue weighted by Gasteiger charge is 2.13. The van der Waals surface area contributed by atoms with Crippen LogP contribution in [0.2, 0.25) is 5.02 Å². The Kier molecular flexibility index (Phi) is 4.50. The molecule has 0 aliphatic heterocycles. The van der Waals surface area contributed by atoms with Crippen LogP contribution in [-0.4, -0.2) is 16.5 Å². The van der Waals surface area contributed by atoms with Gasteiger partial charge in [0.2, 0.25) is 0 Å². The minimum atomic E-state index is -0.0236. The number of nitrogens with one attached hydrogen (secondary N) is 1. The molecule has 1 unspecified atom stereocenters. The first-order valence-electron chi connectivity index (χ1n) is 6.63. The normalized spacial score (nSPS) is 12.2. The second-order valence-corrected chi connectivity index (χ2v) is 5.66. The van der Waals surface area contributed by atoms with Gasteiger partial charge in [0.25, 0.3) is 5.91 Å². The molecule has 1 amide bonds. The Morgan fingerprint density at radius 1 is 1.30 bits per heavy atom. The van der Waals surface area contributed by atoms with Gasteiger partial charge in [-0.3, -0.25) is 4.79 Å². The highest BCUT2D eigenvalue weighted by atomic mass is 35.5. The molecule has 2 rings (SSSR count). The first-order chi connectivity index (χ1) is 9.45. The Labute approximate surface area is 124 Å². The molecule has 0 aliphatic carbocycles. The SMILES string of the molecule is Cc1cn(C)cc1C(=O)NC(C)Cc1ccc(Cl)cc1. The molecule has 0 fully saturated rings. The Balaban J connectivity index is 1.97. The molecule has 0 aliphatic rings. The fourth-order valence-corrected chi connectivity index (χ4v) is 2.41. The van der Waals surface area contributed by atoms with Crippen LogP contribution in [0.4, 0.5) is 0 Å². The van der Waals surface area contributed by atoms with E-state index in [1.807, 2.05) is 62.1 Å². The largest absolute Gasteiger partial charge is 0.356 e. The van der Waals surface area contributed by atoms with Crippen molar-refractivity contribution in [1.82, 2.24) is 9.88 Å². The summed E-state index contributed by atoms with van der Waals surface area (Å²) in [5, 5.41) is 3.76. The number of amides is 1. The fraction of sp³-hybridized carbons (Fsp3) is 0.312. The zero-order valence-electron chi connectivity index (χ0n) is 12.0. The maximum absolute atomic E-state index is 12.2. The Morgan fingerprint density at radius 2 is 1.95 bits per heavy atom. The number of aryl methyl sites for hydroxylation is 2. The summed E-state index contributed by atoms with van der Waals surface area (Å²) in [5.74, 6) is -0.0236. The number of benzene rings is 1. The van der Waals surface area contributed by atoms with Gasteiger partial charge in [0.15, 0.2) is 0 Å². The first-order valence-corrected chi connectivity index (χ1v) is 7.01. The Hall–Kier alpha value is -1.74. The predicted molar refractivity (Wildman–Crippen MR) is 82.2 cm³/mol. The summed E-state index contributed by atoms with van der Waals surface area (Å²) in [6, 6.07) is 7.78. The number of aromatic nitrogens is 1. The van der Waals surface area contributed by atoms with Crippen molar-refractivity contribution in [3.8, 4) is 0 Å². The highest BCUT2D eigenvalue weighted by molar-refractivity contribution is 6.30.